The van der Waals surface area contributed by atoms with Crippen LogP contribution in [0.25, 0.3) is 0 Å². The van der Waals surface area contributed by atoms with Crippen molar-refractivity contribution in [1.82, 2.24) is 9.97 Å². The Bertz CT molecular complexity index is 351. The number of nitrogens with zero attached hydrogens (tertiary/aromatic N) is 2. The minimum absolute atomic E-state index is 0.222. The van der Waals surface area contributed by atoms with E-state index in [9.17, 15) is 4.39 Å². The largest absolute Gasteiger partial charge is 0.365 e. The van der Waals surface area contributed by atoms with Crippen molar-refractivity contribution >= 4 is 11.8 Å². The lowest BCUT2D eigenvalue weighted by molar-refractivity contribution is 0.459. The number of rotatable bonds is 3. The summed E-state index contributed by atoms with van der Waals surface area (Å²) in [5.41, 5.74) is 2.30. The summed E-state index contributed by atoms with van der Waals surface area (Å²) in [5.74, 6) is 5.19. The molecule has 4 N–H and O–H groups in total. The first-order valence-electron chi connectivity index (χ1n) is 5.55. The van der Waals surface area contributed by atoms with Crippen LogP contribution in [0.2, 0.25) is 0 Å². The van der Waals surface area contributed by atoms with Gasteiger partial charge in [-0.05, 0) is 12.8 Å². The summed E-state index contributed by atoms with van der Waals surface area (Å²) in [7, 11) is 0. The molecule has 5 nitrogen and oxygen atoms in total. The number of nitrogens with one attached hydrogen (secondary N) is 2. The normalized spacial score (nSPS) is 17.1. The molecule has 6 heteroatoms. The van der Waals surface area contributed by atoms with E-state index in [0.717, 1.165) is 19.0 Å². The van der Waals surface area contributed by atoms with Gasteiger partial charge >= 0.3 is 0 Å². The molecule has 0 amide bonds. The molecule has 0 atom stereocenters. The summed E-state index contributed by atoms with van der Waals surface area (Å²) in [6.07, 6.45) is 6.88. The first-order valence-corrected chi connectivity index (χ1v) is 5.55. The van der Waals surface area contributed by atoms with E-state index in [1.807, 2.05) is 0 Å². The second-order valence-electron chi connectivity index (χ2n) is 4.01. The molecule has 1 saturated carbocycles. The van der Waals surface area contributed by atoms with Crippen LogP contribution in [0.15, 0.2) is 6.20 Å². The molecule has 0 saturated heterocycles. The molecule has 16 heavy (non-hydrogen) atoms. The Morgan fingerprint density at radius 2 is 2.06 bits per heavy atom. The Kier molecular flexibility index (Phi) is 3.51. The average Bonchev–Trinajstić information content (AvgIpc) is 2.33. The molecule has 0 aliphatic heterocycles. The lowest BCUT2D eigenvalue weighted by Gasteiger charge is -2.23. The summed E-state index contributed by atoms with van der Waals surface area (Å²) in [6.45, 7) is 0. The molecular weight excluding hydrogens is 209 g/mol. The quantitative estimate of drug-likeness (QED) is 0.538. The molecule has 1 fully saturated rings. The number of hydrazine groups is 1. The van der Waals surface area contributed by atoms with Gasteiger partial charge in [0.15, 0.2) is 11.6 Å². The molecule has 0 bridgehead atoms. The van der Waals surface area contributed by atoms with E-state index in [0.29, 0.717) is 6.04 Å². The summed E-state index contributed by atoms with van der Waals surface area (Å²) in [4.78, 5) is 7.64. The van der Waals surface area contributed by atoms with E-state index >= 15 is 0 Å². The van der Waals surface area contributed by atoms with E-state index < -0.39 is 5.82 Å². The van der Waals surface area contributed by atoms with Gasteiger partial charge in [-0.1, -0.05) is 19.3 Å². The zero-order valence-electron chi connectivity index (χ0n) is 9.04. The maximum atomic E-state index is 13.4. The van der Waals surface area contributed by atoms with Crippen molar-refractivity contribution in [2.24, 2.45) is 5.84 Å². The van der Waals surface area contributed by atoms with Crippen molar-refractivity contribution in [3.8, 4) is 0 Å². The van der Waals surface area contributed by atoms with Crippen LogP contribution in [-0.4, -0.2) is 16.0 Å². The molecule has 0 spiro atoms. The smallest absolute Gasteiger partial charge is 0.239 e. The molecule has 0 radical (unpaired) electrons. The zero-order valence-corrected chi connectivity index (χ0v) is 9.04. The Morgan fingerprint density at radius 1 is 1.31 bits per heavy atom. The van der Waals surface area contributed by atoms with E-state index in [2.05, 4.69) is 20.7 Å². The molecule has 0 unspecified atom stereocenters. The van der Waals surface area contributed by atoms with Gasteiger partial charge in [0.1, 0.15) is 0 Å². The van der Waals surface area contributed by atoms with Crippen molar-refractivity contribution in [1.29, 1.82) is 0 Å². The van der Waals surface area contributed by atoms with Crippen LogP contribution >= 0.6 is 0 Å². The number of hydrogen-bond acceptors (Lipinski definition) is 5. The van der Waals surface area contributed by atoms with Gasteiger partial charge < -0.3 is 5.32 Å². The predicted octanol–water partition coefficient (Wildman–Crippen LogP) is 1.65. The second kappa shape index (κ2) is 5.07. The number of nitrogen functional groups attached to an aromatic ring is 1. The number of anilines is 2. The Hall–Kier alpha value is -1.43. The number of aromatic nitrogens is 2. The zero-order chi connectivity index (χ0) is 11.4. The van der Waals surface area contributed by atoms with Gasteiger partial charge in [-0.15, -0.1) is 0 Å². The standard InChI is InChI=1S/C10H16FN5/c11-8-6-13-10(16-12)15-9(8)14-7-4-2-1-3-5-7/h6-7H,1-5,12H2,(H2,13,14,15,16). The molecule has 1 aliphatic carbocycles. The summed E-state index contributed by atoms with van der Waals surface area (Å²) < 4.78 is 13.4. The molecule has 1 heterocycles. The molecule has 2 rings (SSSR count). The molecule has 1 aromatic heterocycles. The van der Waals surface area contributed by atoms with E-state index in [1.165, 1.54) is 19.3 Å². The van der Waals surface area contributed by atoms with Crippen LogP contribution in [0.1, 0.15) is 32.1 Å². The van der Waals surface area contributed by atoms with Crippen LogP contribution in [0.5, 0.6) is 0 Å². The number of hydrogen-bond donors (Lipinski definition) is 3. The highest BCUT2D eigenvalue weighted by atomic mass is 19.1. The van der Waals surface area contributed by atoms with Crippen molar-refractivity contribution in [3.63, 3.8) is 0 Å². The first-order chi connectivity index (χ1) is 7.79. The van der Waals surface area contributed by atoms with Crippen LogP contribution in [0, 0.1) is 5.82 Å². The van der Waals surface area contributed by atoms with Crippen LogP contribution in [-0.2, 0) is 0 Å². The lowest BCUT2D eigenvalue weighted by atomic mass is 9.95. The minimum Gasteiger partial charge on any atom is -0.365 e. The van der Waals surface area contributed by atoms with Gasteiger partial charge in [-0.3, -0.25) is 5.43 Å². The SMILES string of the molecule is NNc1ncc(F)c(NC2CCCCC2)n1. The van der Waals surface area contributed by atoms with E-state index in [1.54, 1.807) is 0 Å². The van der Waals surface area contributed by atoms with Crippen molar-refractivity contribution in [2.45, 2.75) is 38.1 Å². The number of nitrogens with two attached hydrogens (primary N) is 1. The third kappa shape index (κ3) is 2.57. The van der Waals surface area contributed by atoms with Crippen LogP contribution in [0.3, 0.4) is 0 Å². The number of halogens is 1. The summed E-state index contributed by atoms with van der Waals surface area (Å²) in [6, 6.07) is 0.309. The van der Waals surface area contributed by atoms with Crippen LogP contribution in [0.4, 0.5) is 16.2 Å². The van der Waals surface area contributed by atoms with E-state index in [-0.39, 0.29) is 11.8 Å². The molecule has 1 aromatic rings. The van der Waals surface area contributed by atoms with Crippen molar-refractivity contribution in [2.75, 3.05) is 10.7 Å². The summed E-state index contributed by atoms with van der Waals surface area (Å²) in [5, 5.41) is 3.10. The van der Waals surface area contributed by atoms with Gasteiger partial charge in [0, 0.05) is 6.04 Å². The highest BCUT2D eigenvalue weighted by Crippen LogP contribution is 2.22. The second-order valence-corrected chi connectivity index (χ2v) is 4.01. The van der Waals surface area contributed by atoms with Gasteiger partial charge in [-0.2, -0.15) is 4.98 Å². The minimum atomic E-state index is -0.440. The average molecular weight is 225 g/mol. The molecule has 0 aromatic carbocycles. The van der Waals surface area contributed by atoms with Crippen molar-refractivity contribution in [3.05, 3.63) is 12.0 Å². The fourth-order valence-electron chi connectivity index (χ4n) is 1.98. The predicted molar refractivity (Wildman–Crippen MR) is 60.3 cm³/mol. The fraction of sp³-hybridized carbons (Fsp3) is 0.600. The fourth-order valence-corrected chi connectivity index (χ4v) is 1.98. The Labute approximate surface area is 93.6 Å². The monoisotopic (exact) mass is 225 g/mol. The molecular formula is C10H16FN5. The topological polar surface area (TPSA) is 75.9 Å². The summed E-state index contributed by atoms with van der Waals surface area (Å²) >= 11 is 0. The van der Waals surface area contributed by atoms with Crippen LogP contribution < -0.4 is 16.6 Å². The Balaban J connectivity index is 2.06. The highest BCUT2D eigenvalue weighted by Gasteiger charge is 2.16. The van der Waals surface area contributed by atoms with Gasteiger partial charge in [0.05, 0.1) is 6.20 Å². The van der Waals surface area contributed by atoms with Gasteiger partial charge in [0.2, 0.25) is 5.95 Å². The third-order valence-electron chi connectivity index (χ3n) is 2.82. The van der Waals surface area contributed by atoms with Gasteiger partial charge in [0.25, 0.3) is 0 Å². The molecule has 1 aliphatic rings. The highest BCUT2D eigenvalue weighted by molar-refractivity contribution is 5.41. The third-order valence-corrected chi connectivity index (χ3v) is 2.82. The molecule has 88 valence electrons. The van der Waals surface area contributed by atoms with Crippen molar-refractivity contribution < 1.29 is 4.39 Å². The Morgan fingerprint density at radius 3 is 2.75 bits per heavy atom. The first kappa shape index (κ1) is 11.1. The van der Waals surface area contributed by atoms with Gasteiger partial charge in [-0.25, -0.2) is 15.2 Å². The maximum absolute atomic E-state index is 13.4. The lowest BCUT2D eigenvalue weighted by Crippen LogP contribution is -2.24. The van der Waals surface area contributed by atoms with E-state index in [4.69, 9.17) is 5.84 Å². The maximum Gasteiger partial charge on any atom is 0.239 e.